The first kappa shape index (κ1) is 14.7. The largest absolute Gasteiger partial charge is 0.481 e. The maximum absolute atomic E-state index is 10.9. The lowest BCUT2D eigenvalue weighted by molar-refractivity contribution is -0.147. The van der Waals surface area contributed by atoms with Gasteiger partial charge in [-0.05, 0) is 52.7 Å². The van der Waals surface area contributed by atoms with E-state index in [2.05, 4.69) is 4.90 Å². The lowest BCUT2D eigenvalue weighted by Crippen LogP contribution is -2.35. The van der Waals surface area contributed by atoms with Crippen LogP contribution in [0.25, 0.3) is 0 Å². The molecule has 0 unspecified atom stereocenters. The zero-order valence-electron chi connectivity index (χ0n) is 9.66. The van der Waals surface area contributed by atoms with Gasteiger partial charge in [-0.1, -0.05) is 6.42 Å². The average molecular weight is 236 g/mol. The molecule has 1 N–H and O–H groups in total. The van der Waals surface area contributed by atoms with Crippen molar-refractivity contribution in [3.63, 3.8) is 0 Å². The highest BCUT2D eigenvalue weighted by molar-refractivity contribution is 5.85. The fourth-order valence-corrected chi connectivity index (χ4v) is 1.73. The molecule has 0 bridgehead atoms. The van der Waals surface area contributed by atoms with E-state index in [4.69, 9.17) is 5.11 Å². The zero-order chi connectivity index (χ0) is 10.6. The van der Waals surface area contributed by atoms with Crippen molar-refractivity contribution in [3.8, 4) is 0 Å². The number of aliphatic carboxylic acids is 1. The molecule has 0 aromatic rings. The van der Waals surface area contributed by atoms with Crippen LogP contribution in [-0.4, -0.2) is 35.6 Å². The van der Waals surface area contributed by atoms with E-state index in [1.165, 1.54) is 19.3 Å². The van der Waals surface area contributed by atoms with Crippen molar-refractivity contribution in [2.45, 2.75) is 39.5 Å². The summed E-state index contributed by atoms with van der Waals surface area (Å²) in [4.78, 5) is 13.3. The fourth-order valence-electron chi connectivity index (χ4n) is 1.73. The third-order valence-corrected chi connectivity index (χ3v) is 3.08. The van der Waals surface area contributed by atoms with E-state index in [0.717, 1.165) is 26.1 Å². The molecule has 0 saturated carbocycles. The molecule has 15 heavy (non-hydrogen) atoms. The topological polar surface area (TPSA) is 40.5 Å². The average Bonchev–Trinajstić information content (AvgIpc) is 2.16. The molecule has 1 fully saturated rings. The van der Waals surface area contributed by atoms with Gasteiger partial charge in [-0.15, -0.1) is 12.4 Å². The number of hydrogen-bond acceptors (Lipinski definition) is 2. The van der Waals surface area contributed by atoms with Gasteiger partial charge < -0.3 is 10.0 Å². The van der Waals surface area contributed by atoms with Gasteiger partial charge in [0.2, 0.25) is 0 Å². The van der Waals surface area contributed by atoms with Crippen LogP contribution < -0.4 is 0 Å². The highest BCUT2D eigenvalue weighted by atomic mass is 35.5. The Balaban J connectivity index is 0.00000196. The van der Waals surface area contributed by atoms with Gasteiger partial charge >= 0.3 is 5.97 Å². The molecule has 1 heterocycles. The summed E-state index contributed by atoms with van der Waals surface area (Å²) in [6.07, 6.45) is 4.63. The van der Waals surface area contributed by atoms with Crippen LogP contribution in [0.4, 0.5) is 0 Å². The van der Waals surface area contributed by atoms with Crippen molar-refractivity contribution in [1.29, 1.82) is 0 Å². The highest BCUT2D eigenvalue weighted by Crippen LogP contribution is 2.21. The second-order valence-corrected chi connectivity index (χ2v) is 4.84. The van der Waals surface area contributed by atoms with Crippen LogP contribution in [0.3, 0.4) is 0 Å². The van der Waals surface area contributed by atoms with Crippen LogP contribution in [-0.2, 0) is 4.79 Å². The monoisotopic (exact) mass is 235 g/mol. The van der Waals surface area contributed by atoms with Gasteiger partial charge in [0.15, 0.2) is 0 Å². The molecule has 0 aliphatic carbocycles. The number of likely N-dealkylation sites (tertiary alicyclic amines) is 1. The summed E-state index contributed by atoms with van der Waals surface area (Å²) in [6, 6.07) is 0. The number of carboxylic acid groups (broad SMARTS) is 1. The Morgan fingerprint density at radius 1 is 1.27 bits per heavy atom. The van der Waals surface area contributed by atoms with Gasteiger partial charge in [-0.2, -0.15) is 0 Å². The molecule has 3 nitrogen and oxygen atoms in total. The van der Waals surface area contributed by atoms with Crippen LogP contribution in [0.2, 0.25) is 0 Å². The number of rotatable bonds is 4. The van der Waals surface area contributed by atoms with E-state index < -0.39 is 11.4 Å². The summed E-state index contributed by atoms with van der Waals surface area (Å²) in [7, 11) is 0. The molecule has 1 rings (SSSR count). The van der Waals surface area contributed by atoms with Gasteiger partial charge in [-0.3, -0.25) is 4.79 Å². The van der Waals surface area contributed by atoms with Crippen molar-refractivity contribution in [1.82, 2.24) is 4.90 Å². The summed E-state index contributed by atoms with van der Waals surface area (Å²) in [5.41, 5.74) is -0.572. The molecule has 90 valence electrons. The standard InChI is InChI=1S/C11H21NO2.ClH/c1-11(2,10(13)14)6-9-12-7-4-3-5-8-12;/h3-9H2,1-2H3,(H,13,14);1H. The van der Waals surface area contributed by atoms with Gasteiger partial charge in [0.05, 0.1) is 5.41 Å². The number of hydrogen-bond donors (Lipinski definition) is 1. The smallest absolute Gasteiger partial charge is 0.309 e. The zero-order valence-corrected chi connectivity index (χ0v) is 10.5. The molecular formula is C11H22ClNO2. The Labute approximate surface area is 98.3 Å². The first-order valence-electron chi connectivity index (χ1n) is 5.48. The minimum Gasteiger partial charge on any atom is -0.481 e. The molecule has 1 aliphatic heterocycles. The van der Waals surface area contributed by atoms with E-state index in [-0.39, 0.29) is 12.4 Å². The summed E-state index contributed by atoms with van der Waals surface area (Å²) in [5, 5.41) is 8.95. The van der Waals surface area contributed by atoms with Crippen LogP contribution in [0.5, 0.6) is 0 Å². The van der Waals surface area contributed by atoms with Crippen molar-refractivity contribution < 1.29 is 9.90 Å². The molecule has 0 aromatic heterocycles. The Bertz CT molecular complexity index is 201. The molecule has 0 amide bonds. The van der Waals surface area contributed by atoms with Gasteiger partial charge in [0.1, 0.15) is 0 Å². The third kappa shape index (κ3) is 4.85. The molecule has 4 heteroatoms. The number of piperidine rings is 1. The highest BCUT2D eigenvalue weighted by Gasteiger charge is 2.27. The molecule has 0 spiro atoms. The van der Waals surface area contributed by atoms with Gasteiger partial charge in [0, 0.05) is 0 Å². The van der Waals surface area contributed by atoms with Crippen LogP contribution in [0.1, 0.15) is 39.5 Å². The molecule has 0 atom stereocenters. The van der Waals surface area contributed by atoms with Crippen LogP contribution in [0, 0.1) is 5.41 Å². The molecular weight excluding hydrogens is 214 g/mol. The number of carbonyl (C=O) groups is 1. The summed E-state index contributed by atoms with van der Waals surface area (Å²) < 4.78 is 0. The number of halogens is 1. The third-order valence-electron chi connectivity index (χ3n) is 3.08. The predicted molar refractivity (Wildman–Crippen MR) is 63.6 cm³/mol. The summed E-state index contributed by atoms with van der Waals surface area (Å²) in [6.45, 7) is 6.84. The molecule has 0 aromatic carbocycles. The first-order chi connectivity index (χ1) is 6.52. The van der Waals surface area contributed by atoms with E-state index in [1.807, 2.05) is 0 Å². The van der Waals surface area contributed by atoms with Gasteiger partial charge in [0.25, 0.3) is 0 Å². The maximum Gasteiger partial charge on any atom is 0.309 e. The Morgan fingerprint density at radius 3 is 2.27 bits per heavy atom. The number of carboxylic acids is 1. The van der Waals surface area contributed by atoms with Crippen LogP contribution >= 0.6 is 12.4 Å². The van der Waals surface area contributed by atoms with E-state index in [9.17, 15) is 4.79 Å². The maximum atomic E-state index is 10.9. The normalized spacial score (nSPS) is 18.3. The van der Waals surface area contributed by atoms with Crippen molar-refractivity contribution in [2.75, 3.05) is 19.6 Å². The minimum atomic E-state index is -0.686. The second-order valence-electron chi connectivity index (χ2n) is 4.84. The molecule has 0 radical (unpaired) electrons. The quantitative estimate of drug-likeness (QED) is 0.814. The van der Waals surface area contributed by atoms with E-state index in [1.54, 1.807) is 13.8 Å². The van der Waals surface area contributed by atoms with E-state index >= 15 is 0 Å². The van der Waals surface area contributed by atoms with Gasteiger partial charge in [-0.25, -0.2) is 0 Å². The fraction of sp³-hybridized carbons (Fsp3) is 0.909. The van der Waals surface area contributed by atoms with Crippen molar-refractivity contribution in [2.24, 2.45) is 5.41 Å². The SMILES string of the molecule is CC(C)(CCN1CCCCC1)C(=O)O.Cl. The first-order valence-corrected chi connectivity index (χ1v) is 5.48. The predicted octanol–water partition coefficient (Wildman–Crippen LogP) is 2.40. The summed E-state index contributed by atoms with van der Waals surface area (Å²) >= 11 is 0. The summed E-state index contributed by atoms with van der Waals surface area (Å²) in [5.74, 6) is -0.686. The Morgan fingerprint density at radius 2 is 1.80 bits per heavy atom. The Kier molecular flexibility index (Phi) is 6.22. The minimum absolute atomic E-state index is 0. The Hall–Kier alpha value is -0.280. The molecule has 1 aliphatic rings. The van der Waals surface area contributed by atoms with Crippen molar-refractivity contribution >= 4 is 18.4 Å². The van der Waals surface area contributed by atoms with E-state index in [0.29, 0.717) is 0 Å². The van der Waals surface area contributed by atoms with Crippen molar-refractivity contribution in [3.05, 3.63) is 0 Å². The molecule has 1 saturated heterocycles. The number of nitrogens with zero attached hydrogens (tertiary/aromatic N) is 1. The lowest BCUT2D eigenvalue weighted by atomic mass is 9.89. The second kappa shape index (κ2) is 6.33. The van der Waals surface area contributed by atoms with Crippen LogP contribution in [0.15, 0.2) is 0 Å². The lowest BCUT2D eigenvalue weighted by Gasteiger charge is -2.29.